The summed E-state index contributed by atoms with van der Waals surface area (Å²) in [5.74, 6) is 1.37. The van der Waals surface area contributed by atoms with Crippen LogP contribution in [-0.2, 0) is 0 Å². The Kier molecular flexibility index (Phi) is 12.7. The van der Waals surface area contributed by atoms with Gasteiger partial charge < -0.3 is 20.6 Å². The first-order valence-corrected chi connectivity index (χ1v) is 7.99. The average Bonchev–Trinajstić information content (AvgIpc) is 2.44. The van der Waals surface area contributed by atoms with E-state index in [1.165, 1.54) is 0 Å². The summed E-state index contributed by atoms with van der Waals surface area (Å²) >= 11 is 0. The molecular weight excluding hydrogens is 252 g/mol. The van der Waals surface area contributed by atoms with E-state index in [0.29, 0.717) is 5.92 Å². The van der Waals surface area contributed by atoms with Gasteiger partial charge in [0.05, 0.1) is 0 Å². The first-order chi connectivity index (χ1) is 9.67. The summed E-state index contributed by atoms with van der Waals surface area (Å²) in [6.07, 6.45) is 3.11. The quantitative estimate of drug-likeness (QED) is 0.396. The van der Waals surface area contributed by atoms with Crippen LogP contribution < -0.4 is 10.6 Å². The van der Waals surface area contributed by atoms with E-state index >= 15 is 0 Å². The van der Waals surface area contributed by atoms with Crippen LogP contribution in [0.3, 0.4) is 0 Å². The van der Waals surface area contributed by atoms with Gasteiger partial charge in [0, 0.05) is 32.8 Å². The van der Waals surface area contributed by atoms with Crippen molar-refractivity contribution < 1.29 is 5.11 Å². The fourth-order valence-electron chi connectivity index (χ4n) is 2.00. The first-order valence-electron chi connectivity index (χ1n) is 7.99. The van der Waals surface area contributed by atoms with Gasteiger partial charge in [0.1, 0.15) is 0 Å². The molecule has 0 aromatic rings. The number of hydrogen-bond donors (Lipinski definition) is 3. The fourth-order valence-corrected chi connectivity index (χ4v) is 2.00. The summed E-state index contributed by atoms with van der Waals surface area (Å²) in [6.45, 7) is 11.3. The van der Waals surface area contributed by atoms with Crippen molar-refractivity contribution in [2.75, 3.05) is 46.4 Å². The van der Waals surface area contributed by atoms with Crippen molar-refractivity contribution in [1.82, 2.24) is 15.5 Å². The molecule has 0 aromatic carbocycles. The van der Waals surface area contributed by atoms with Crippen molar-refractivity contribution in [2.24, 2.45) is 10.9 Å². The number of aliphatic hydroxyl groups is 1. The molecule has 0 rings (SSSR count). The lowest BCUT2D eigenvalue weighted by Gasteiger charge is -2.17. The van der Waals surface area contributed by atoms with Crippen LogP contribution >= 0.6 is 0 Å². The van der Waals surface area contributed by atoms with Gasteiger partial charge in [-0.15, -0.1) is 0 Å². The molecular formula is C15H34N4O. The molecule has 5 heteroatoms. The normalized spacial score (nSPS) is 13.6. The molecule has 5 nitrogen and oxygen atoms in total. The molecule has 0 fully saturated rings. The van der Waals surface area contributed by atoms with E-state index in [2.05, 4.69) is 48.3 Å². The van der Waals surface area contributed by atoms with Crippen LogP contribution in [0.25, 0.3) is 0 Å². The van der Waals surface area contributed by atoms with Crippen LogP contribution in [0.1, 0.15) is 40.0 Å². The van der Waals surface area contributed by atoms with Crippen molar-refractivity contribution in [3.8, 4) is 0 Å². The molecule has 0 aromatic heterocycles. The highest BCUT2D eigenvalue weighted by Gasteiger charge is 2.07. The van der Waals surface area contributed by atoms with Gasteiger partial charge in [0.15, 0.2) is 5.96 Å². The van der Waals surface area contributed by atoms with E-state index in [4.69, 9.17) is 5.11 Å². The summed E-state index contributed by atoms with van der Waals surface area (Å²) in [5.41, 5.74) is 0. The molecule has 0 radical (unpaired) electrons. The third kappa shape index (κ3) is 10.0. The Bertz CT molecular complexity index is 240. The first kappa shape index (κ1) is 19.2. The van der Waals surface area contributed by atoms with Crippen LogP contribution in [0.4, 0.5) is 0 Å². The number of aliphatic imine (C=N–C) groups is 1. The lowest BCUT2D eigenvalue weighted by atomic mass is 10.0. The Labute approximate surface area is 124 Å². The minimum atomic E-state index is 0.255. The van der Waals surface area contributed by atoms with Crippen molar-refractivity contribution in [2.45, 2.75) is 40.0 Å². The zero-order chi connectivity index (χ0) is 15.2. The third-order valence-corrected chi connectivity index (χ3v) is 3.41. The lowest BCUT2D eigenvalue weighted by molar-refractivity contribution is 0.253. The van der Waals surface area contributed by atoms with Crippen LogP contribution in [0.2, 0.25) is 0 Å². The Hall–Kier alpha value is -0.810. The molecule has 1 unspecified atom stereocenters. The molecule has 120 valence electrons. The van der Waals surface area contributed by atoms with E-state index in [9.17, 15) is 0 Å². The lowest BCUT2D eigenvalue weighted by Crippen LogP contribution is -2.41. The van der Waals surface area contributed by atoms with Gasteiger partial charge in [-0.2, -0.15) is 0 Å². The molecule has 0 aliphatic carbocycles. The Morgan fingerprint density at radius 3 is 2.50 bits per heavy atom. The van der Waals surface area contributed by atoms with Gasteiger partial charge in [0.2, 0.25) is 0 Å². The molecule has 0 saturated heterocycles. The molecule has 20 heavy (non-hydrogen) atoms. The second kappa shape index (κ2) is 13.2. The number of aliphatic hydroxyl groups excluding tert-OH is 1. The van der Waals surface area contributed by atoms with Gasteiger partial charge in [0.25, 0.3) is 0 Å². The van der Waals surface area contributed by atoms with Gasteiger partial charge in [-0.25, -0.2) is 0 Å². The zero-order valence-electron chi connectivity index (χ0n) is 13.8. The molecule has 0 spiro atoms. The van der Waals surface area contributed by atoms with Gasteiger partial charge in [-0.05, 0) is 39.3 Å². The predicted molar refractivity (Wildman–Crippen MR) is 87.3 cm³/mol. The van der Waals surface area contributed by atoms with Crippen molar-refractivity contribution >= 4 is 5.96 Å². The van der Waals surface area contributed by atoms with E-state index in [0.717, 1.165) is 57.9 Å². The number of guanidine groups is 1. The largest absolute Gasteiger partial charge is 0.396 e. The molecule has 0 amide bonds. The summed E-state index contributed by atoms with van der Waals surface area (Å²) < 4.78 is 0. The number of nitrogens with one attached hydrogen (secondary N) is 2. The second-order valence-corrected chi connectivity index (χ2v) is 5.21. The van der Waals surface area contributed by atoms with Gasteiger partial charge in [-0.1, -0.05) is 20.3 Å². The summed E-state index contributed by atoms with van der Waals surface area (Å²) in [5, 5.41) is 15.7. The highest BCUT2D eigenvalue weighted by atomic mass is 16.3. The van der Waals surface area contributed by atoms with E-state index < -0.39 is 0 Å². The molecule has 0 saturated carbocycles. The topological polar surface area (TPSA) is 59.9 Å². The minimum absolute atomic E-state index is 0.255. The highest BCUT2D eigenvalue weighted by molar-refractivity contribution is 5.79. The van der Waals surface area contributed by atoms with Crippen LogP contribution in [-0.4, -0.2) is 62.3 Å². The molecule has 1 atom stereocenters. The monoisotopic (exact) mass is 286 g/mol. The van der Waals surface area contributed by atoms with Crippen LogP contribution in [0.15, 0.2) is 4.99 Å². The standard InChI is InChI=1S/C15H34N4O/c1-5-8-14(9-12-20)13-18-15(16-6-2)17-10-11-19(4)7-3/h14,20H,5-13H2,1-4H3,(H2,16,17,18). The maximum absolute atomic E-state index is 9.08. The molecule has 0 aliphatic rings. The SMILES string of the molecule is CCCC(CCO)CN=C(NCC)NCCN(C)CC. The van der Waals surface area contributed by atoms with Gasteiger partial charge in [-0.3, -0.25) is 4.99 Å². The Balaban J connectivity index is 4.21. The Morgan fingerprint density at radius 1 is 1.20 bits per heavy atom. The molecule has 3 N–H and O–H groups in total. The zero-order valence-corrected chi connectivity index (χ0v) is 13.8. The van der Waals surface area contributed by atoms with Gasteiger partial charge >= 0.3 is 0 Å². The smallest absolute Gasteiger partial charge is 0.191 e. The molecule has 0 aliphatic heterocycles. The maximum atomic E-state index is 9.08. The number of rotatable bonds is 11. The summed E-state index contributed by atoms with van der Waals surface area (Å²) in [4.78, 5) is 6.90. The van der Waals surface area contributed by atoms with Crippen molar-refractivity contribution in [3.05, 3.63) is 0 Å². The van der Waals surface area contributed by atoms with Crippen LogP contribution in [0.5, 0.6) is 0 Å². The second-order valence-electron chi connectivity index (χ2n) is 5.21. The average molecular weight is 286 g/mol. The van der Waals surface area contributed by atoms with E-state index in [1.54, 1.807) is 0 Å². The minimum Gasteiger partial charge on any atom is -0.396 e. The molecule has 0 heterocycles. The van der Waals surface area contributed by atoms with E-state index in [1.807, 2.05) is 0 Å². The predicted octanol–water partition coefficient (Wildman–Crippen LogP) is 1.29. The fraction of sp³-hybridized carbons (Fsp3) is 0.933. The molecule has 0 bridgehead atoms. The number of likely N-dealkylation sites (N-methyl/N-ethyl adjacent to an activating group) is 1. The summed E-state index contributed by atoms with van der Waals surface area (Å²) in [6, 6.07) is 0. The maximum Gasteiger partial charge on any atom is 0.191 e. The summed E-state index contributed by atoms with van der Waals surface area (Å²) in [7, 11) is 2.12. The number of hydrogen-bond acceptors (Lipinski definition) is 3. The Morgan fingerprint density at radius 2 is 1.95 bits per heavy atom. The van der Waals surface area contributed by atoms with Crippen molar-refractivity contribution in [3.63, 3.8) is 0 Å². The van der Waals surface area contributed by atoms with E-state index in [-0.39, 0.29) is 6.61 Å². The highest BCUT2D eigenvalue weighted by Crippen LogP contribution is 2.10. The van der Waals surface area contributed by atoms with Crippen LogP contribution in [0, 0.1) is 5.92 Å². The third-order valence-electron chi connectivity index (χ3n) is 3.41. The number of nitrogens with zero attached hydrogens (tertiary/aromatic N) is 2. The van der Waals surface area contributed by atoms with Crippen molar-refractivity contribution in [1.29, 1.82) is 0 Å².